The van der Waals surface area contributed by atoms with Crippen molar-refractivity contribution in [3.05, 3.63) is 41.6 Å². The molecule has 0 saturated carbocycles. The number of Topliss-reactive ketones (excluding diaryl/α,β-unsaturated/α-hetero) is 1. The molecule has 2 aromatic rings. The fourth-order valence-corrected chi connectivity index (χ4v) is 4.02. The first kappa shape index (κ1) is 17.0. The molecule has 0 bridgehead atoms. The predicted molar refractivity (Wildman–Crippen MR) is 104 cm³/mol. The van der Waals surface area contributed by atoms with Gasteiger partial charge in [0.2, 0.25) is 5.95 Å². The van der Waals surface area contributed by atoms with E-state index in [1.807, 2.05) is 30.3 Å². The van der Waals surface area contributed by atoms with Gasteiger partial charge in [0, 0.05) is 25.2 Å². The Morgan fingerprint density at radius 3 is 2.65 bits per heavy atom. The van der Waals surface area contributed by atoms with E-state index in [9.17, 15) is 4.79 Å². The van der Waals surface area contributed by atoms with Gasteiger partial charge in [0.05, 0.1) is 11.3 Å². The third kappa shape index (κ3) is 3.43. The van der Waals surface area contributed by atoms with Crippen LogP contribution in [-0.2, 0) is 6.42 Å². The molecule has 1 aromatic heterocycles. The Labute approximate surface area is 154 Å². The van der Waals surface area contributed by atoms with Crippen LogP contribution < -0.4 is 10.2 Å². The smallest absolute Gasteiger partial charge is 0.227 e. The topological polar surface area (TPSA) is 58.1 Å². The van der Waals surface area contributed by atoms with Crippen LogP contribution in [0.4, 0.5) is 17.5 Å². The summed E-state index contributed by atoms with van der Waals surface area (Å²) in [6.45, 7) is 6.36. The van der Waals surface area contributed by atoms with E-state index in [4.69, 9.17) is 9.97 Å². The van der Waals surface area contributed by atoms with Gasteiger partial charge in [0.1, 0.15) is 5.82 Å². The Balaban J connectivity index is 1.76. The van der Waals surface area contributed by atoms with E-state index in [2.05, 4.69) is 24.1 Å². The summed E-state index contributed by atoms with van der Waals surface area (Å²) in [4.78, 5) is 24.6. The average molecular weight is 350 g/mol. The lowest BCUT2D eigenvalue weighted by atomic mass is 9.87. The highest BCUT2D eigenvalue weighted by Crippen LogP contribution is 2.32. The third-order valence-corrected chi connectivity index (χ3v) is 5.30. The number of carbonyl (C=O) groups is 1. The van der Waals surface area contributed by atoms with Crippen molar-refractivity contribution < 1.29 is 4.79 Å². The second-order valence-corrected chi connectivity index (χ2v) is 7.81. The van der Waals surface area contributed by atoms with Crippen LogP contribution in [0.25, 0.3) is 0 Å². The first-order valence-electron chi connectivity index (χ1n) is 9.61. The van der Waals surface area contributed by atoms with Crippen LogP contribution in [0.15, 0.2) is 30.3 Å². The number of hydrogen-bond acceptors (Lipinski definition) is 5. The number of aromatic nitrogens is 2. The molecule has 26 heavy (non-hydrogen) atoms. The van der Waals surface area contributed by atoms with Crippen molar-refractivity contribution in [3.8, 4) is 0 Å². The van der Waals surface area contributed by atoms with E-state index in [1.165, 1.54) is 12.8 Å². The predicted octanol–water partition coefficient (Wildman–Crippen LogP) is 4.22. The van der Waals surface area contributed by atoms with E-state index >= 15 is 0 Å². The summed E-state index contributed by atoms with van der Waals surface area (Å²) in [5.74, 6) is 2.55. The van der Waals surface area contributed by atoms with E-state index in [-0.39, 0.29) is 5.78 Å². The SMILES string of the molecule is CC1CC(=O)c2c(nc(N3CCCC(C)C3)nc2Nc2ccccc2)C1. The maximum Gasteiger partial charge on any atom is 0.227 e. The number of piperidine rings is 1. The van der Waals surface area contributed by atoms with Crippen LogP contribution in [0.3, 0.4) is 0 Å². The Bertz CT molecular complexity index is 805. The maximum atomic E-state index is 12.7. The van der Waals surface area contributed by atoms with Gasteiger partial charge in [-0.2, -0.15) is 4.98 Å². The number of benzene rings is 1. The largest absolute Gasteiger partial charge is 0.340 e. The molecule has 5 heteroatoms. The number of ketones is 1. The number of carbonyl (C=O) groups excluding carboxylic acids is 1. The van der Waals surface area contributed by atoms with Gasteiger partial charge < -0.3 is 10.2 Å². The van der Waals surface area contributed by atoms with E-state index < -0.39 is 0 Å². The Morgan fingerprint density at radius 2 is 1.88 bits per heavy atom. The van der Waals surface area contributed by atoms with E-state index in [0.717, 1.165) is 36.8 Å². The number of fused-ring (bicyclic) bond motifs is 1. The summed E-state index contributed by atoms with van der Waals surface area (Å²) in [5.41, 5.74) is 2.52. The minimum Gasteiger partial charge on any atom is -0.340 e. The molecule has 2 unspecified atom stereocenters. The molecule has 4 rings (SSSR count). The fourth-order valence-electron chi connectivity index (χ4n) is 4.02. The second kappa shape index (κ2) is 7.06. The molecule has 2 atom stereocenters. The molecule has 0 amide bonds. The lowest BCUT2D eigenvalue weighted by molar-refractivity contribution is 0.0952. The molecule has 136 valence electrons. The number of para-hydroxylation sites is 1. The molecule has 5 nitrogen and oxygen atoms in total. The third-order valence-electron chi connectivity index (χ3n) is 5.30. The van der Waals surface area contributed by atoms with Gasteiger partial charge in [-0.25, -0.2) is 4.98 Å². The lowest BCUT2D eigenvalue weighted by Gasteiger charge is -2.32. The fraction of sp³-hybridized carbons (Fsp3) is 0.476. The average Bonchev–Trinajstić information content (AvgIpc) is 2.61. The first-order chi connectivity index (χ1) is 12.6. The van der Waals surface area contributed by atoms with Crippen LogP contribution in [0.2, 0.25) is 0 Å². The van der Waals surface area contributed by atoms with Gasteiger partial charge >= 0.3 is 0 Å². The van der Waals surface area contributed by atoms with Gasteiger partial charge in [-0.15, -0.1) is 0 Å². The van der Waals surface area contributed by atoms with Crippen LogP contribution >= 0.6 is 0 Å². The highest BCUT2D eigenvalue weighted by atomic mass is 16.1. The molecule has 1 aliphatic heterocycles. The van der Waals surface area contributed by atoms with Crippen molar-refractivity contribution >= 4 is 23.2 Å². The highest BCUT2D eigenvalue weighted by Gasteiger charge is 2.30. The summed E-state index contributed by atoms with van der Waals surface area (Å²) in [6.07, 6.45) is 3.83. The second-order valence-electron chi connectivity index (χ2n) is 7.81. The Kier molecular flexibility index (Phi) is 4.62. The molecule has 1 aromatic carbocycles. The monoisotopic (exact) mass is 350 g/mol. The van der Waals surface area contributed by atoms with Crippen molar-refractivity contribution in [1.29, 1.82) is 0 Å². The van der Waals surface area contributed by atoms with Gasteiger partial charge in [-0.3, -0.25) is 4.79 Å². The lowest BCUT2D eigenvalue weighted by Crippen LogP contribution is -2.36. The molecule has 2 aliphatic rings. The molecule has 0 spiro atoms. The van der Waals surface area contributed by atoms with E-state index in [0.29, 0.717) is 29.6 Å². The van der Waals surface area contributed by atoms with Crippen LogP contribution in [0.5, 0.6) is 0 Å². The van der Waals surface area contributed by atoms with Crippen molar-refractivity contribution in [1.82, 2.24) is 9.97 Å². The van der Waals surface area contributed by atoms with Crippen molar-refractivity contribution in [3.63, 3.8) is 0 Å². The maximum absolute atomic E-state index is 12.7. The summed E-state index contributed by atoms with van der Waals surface area (Å²) < 4.78 is 0. The minimum atomic E-state index is 0.149. The zero-order valence-electron chi connectivity index (χ0n) is 15.5. The summed E-state index contributed by atoms with van der Waals surface area (Å²) in [6, 6.07) is 9.92. The molecule has 1 saturated heterocycles. The number of nitrogens with zero attached hydrogens (tertiary/aromatic N) is 3. The molecule has 2 heterocycles. The quantitative estimate of drug-likeness (QED) is 0.898. The Morgan fingerprint density at radius 1 is 1.08 bits per heavy atom. The number of anilines is 3. The minimum absolute atomic E-state index is 0.149. The molecule has 1 aliphatic carbocycles. The molecule has 1 fully saturated rings. The highest BCUT2D eigenvalue weighted by molar-refractivity contribution is 6.03. The normalized spacial score (nSPS) is 22.8. The molecular weight excluding hydrogens is 324 g/mol. The Hall–Kier alpha value is -2.43. The number of hydrogen-bond donors (Lipinski definition) is 1. The molecule has 1 N–H and O–H groups in total. The van der Waals surface area contributed by atoms with E-state index in [1.54, 1.807) is 0 Å². The van der Waals surface area contributed by atoms with Crippen molar-refractivity contribution in [2.24, 2.45) is 11.8 Å². The van der Waals surface area contributed by atoms with Crippen LogP contribution in [-0.4, -0.2) is 28.8 Å². The van der Waals surface area contributed by atoms with Crippen molar-refractivity contribution in [2.45, 2.75) is 39.5 Å². The van der Waals surface area contributed by atoms with Crippen LogP contribution in [0, 0.1) is 11.8 Å². The summed E-state index contributed by atoms with van der Waals surface area (Å²) in [5, 5.41) is 3.37. The summed E-state index contributed by atoms with van der Waals surface area (Å²) >= 11 is 0. The molecule has 0 radical (unpaired) electrons. The van der Waals surface area contributed by atoms with Gasteiger partial charge in [0.15, 0.2) is 5.78 Å². The molecular formula is C21H26N4O. The zero-order valence-corrected chi connectivity index (χ0v) is 15.5. The van der Waals surface area contributed by atoms with Crippen LogP contribution in [0.1, 0.15) is 49.2 Å². The first-order valence-corrected chi connectivity index (χ1v) is 9.61. The number of rotatable bonds is 3. The number of nitrogens with one attached hydrogen (secondary N) is 1. The summed E-state index contributed by atoms with van der Waals surface area (Å²) in [7, 11) is 0. The van der Waals surface area contributed by atoms with Gasteiger partial charge in [-0.05, 0) is 43.2 Å². The standard InChI is InChI=1S/C21H26N4O/c1-14-7-6-10-25(13-14)21-23-17-11-15(2)12-18(26)19(17)20(24-21)22-16-8-4-3-5-9-16/h3-5,8-9,14-15H,6-7,10-13H2,1-2H3,(H,22,23,24). The zero-order chi connectivity index (χ0) is 18.1. The van der Waals surface area contributed by atoms with Gasteiger partial charge in [0.25, 0.3) is 0 Å². The van der Waals surface area contributed by atoms with Gasteiger partial charge in [-0.1, -0.05) is 32.0 Å². The van der Waals surface area contributed by atoms with Crippen molar-refractivity contribution in [2.75, 3.05) is 23.3 Å².